The van der Waals surface area contributed by atoms with Crippen LogP contribution in [0.25, 0.3) is 26.9 Å². The number of fused-ring (bicyclic) bond motifs is 1. The van der Waals surface area contributed by atoms with E-state index in [1.54, 1.807) is 31.5 Å². The number of aromatic nitrogens is 3. The van der Waals surface area contributed by atoms with E-state index in [-0.39, 0.29) is 16.6 Å². The quantitative estimate of drug-likeness (QED) is 0.495. The molecule has 2 aromatic carbocycles. The molecule has 2 aromatic heterocycles. The van der Waals surface area contributed by atoms with Crippen molar-refractivity contribution in [3.63, 3.8) is 0 Å². The standard InChI is InChI=1S/C21H19FN6O2S2/c1-21(12-32(29,30)27(2)20(23)26-21)19-17(22)16-5-3-4-15(18(16)31-19)13-6-8-14(9-7-13)28-24-10-11-25-28/h3-11H,12H2,1-2H3,(H2,23,26)/t21-/m0/s1. The van der Waals surface area contributed by atoms with Gasteiger partial charge >= 0.3 is 0 Å². The smallest absolute Gasteiger partial charge is 0.239 e. The molecule has 0 fully saturated rings. The lowest BCUT2D eigenvalue weighted by molar-refractivity contribution is 0.467. The second-order valence-electron chi connectivity index (χ2n) is 7.76. The van der Waals surface area contributed by atoms with Crippen LogP contribution in [0.2, 0.25) is 0 Å². The van der Waals surface area contributed by atoms with Gasteiger partial charge < -0.3 is 5.73 Å². The van der Waals surface area contributed by atoms with Crippen molar-refractivity contribution in [1.82, 2.24) is 19.3 Å². The van der Waals surface area contributed by atoms with Crippen molar-refractivity contribution in [2.24, 2.45) is 10.7 Å². The van der Waals surface area contributed by atoms with E-state index in [1.807, 2.05) is 30.3 Å². The lowest BCUT2D eigenvalue weighted by atomic mass is 10.0. The Morgan fingerprint density at radius 2 is 1.81 bits per heavy atom. The normalized spacial score (nSPS) is 20.5. The molecule has 5 rings (SSSR count). The molecule has 0 bridgehead atoms. The van der Waals surface area contributed by atoms with E-state index in [1.165, 1.54) is 23.2 Å². The lowest BCUT2D eigenvalue weighted by Crippen LogP contribution is -2.50. The number of hydrogen-bond acceptors (Lipinski definition) is 7. The van der Waals surface area contributed by atoms with E-state index in [0.29, 0.717) is 5.39 Å². The van der Waals surface area contributed by atoms with Crippen molar-refractivity contribution in [2.75, 3.05) is 12.8 Å². The van der Waals surface area contributed by atoms with Crippen molar-refractivity contribution >= 4 is 37.4 Å². The van der Waals surface area contributed by atoms with Crippen molar-refractivity contribution in [3.8, 4) is 16.8 Å². The molecule has 8 nitrogen and oxygen atoms in total. The second-order valence-corrected chi connectivity index (χ2v) is 10.8. The summed E-state index contributed by atoms with van der Waals surface area (Å²) in [5.74, 6) is -0.983. The van der Waals surface area contributed by atoms with Gasteiger partial charge in [0, 0.05) is 17.1 Å². The topological polar surface area (TPSA) is 106 Å². The maximum absolute atomic E-state index is 15.6. The molecule has 1 atom stereocenters. The summed E-state index contributed by atoms with van der Waals surface area (Å²) in [5, 5.41) is 8.66. The number of benzene rings is 2. The number of halogens is 1. The summed E-state index contributed by atoms with van der Waals surface area (Å²) in [5.41, 5.74) is 7.08. The molecule has 1 aliphatic rings. The molecule has 1 aliphatic heterocycles. The van der Waals surface area contributed by atoms with Crippen LogP contribution in [-0.2, 0) is 15.6 Å². The molecule has 32 heavy (non-hydrogen) atoms. The predicted molar refractivity (Wildman–Crippen MR) is 123 cm³/mol. The van der Waals surface area contributed by atoms with Gasteiger partial charge in [0.2, 0.25) is 16.0 Å². The largest absolute Gasteiger partial charge is 0.369 e. The first-order chi connectivity index (χ1) is 15.2. The first-order valence-corrected chi connectivity index (χ1v) is 12.1. The third-order valence-corrected chi connectivity index (χ3v) is 8.95. The van der Waals surface area contributed by atoms with Crippen LogP contribution in [0.5, 0.6) is 0 Å². The Bertz CT molecular complexity index is 1460. The molecular formula is C21H19FN6O2S2. The molecule has 0 spiro atoms. The highest BCUT2D eigenvalue weighted by atomic mass is 32.2. The zero-order valence-electron chi connectivity index (χ0n) is 17.2. The number of nitrogens with zero attached hydrogens (tertiary/aromatic N) is 5. The third-order valence-electron chi connectivity index (χ3n) is 5.54. The van der Waals surface area contributed by atoms with Crippen LogP contribution in [-0.4, -0.2) is 46.5 Å². The van der Waals surface area contributed by atoms with Crippen LogP contribution < -0.4 is 5.73 Å². The average Bonchev–Trinajstić information content (AvgIpc) is 3.41. The van der Waals surface area contributed by atoms with Crippen molar-refractivity contribution in [2.45, 2.75) is 12.5 Å². The molecule has 0 radical (unpaired) electrons. The van der Waals surface area contributed by atoms with Gasteiger partial charge in [-0.3, -0.25) is 0 Å². The molecule has 3 heterocycles. The summed E-state index contributed by atoms with van der Waals surface area (Å²) in [6.07, 6.45) is 3.20. The molecule has 0 aliphatic carbocycles. The van der Waals surface area contributed by atoms with Crippen LogP contribution in [0.4, 0.5) is 4.39 Å². The fourth-order valence-electron chi connectivity index (χ4n) is 3.85. The maximum Gasteiger partial charge on any atom is 0.239 e. The zero-order chi connectivity index (χ0) is 22.7. The van der Waals surface area contributed by atoms with Gasteiger partial charge in [0.25, 0.3) is 0 Å². The minimum absolute atomic E-state index is 0.154. The number of nitrogens with two attached hydrogens (primary N) is 1. The number of rotatable bonds is 3. The highest BCUT2D eigenvalue weighted by molar-refractivity contribution is 7.89. The lowest BCUT2D eigenvalue weighted by Gasteiger charge is -2.33. The van der Waals surface area contributed by atoms with Gasteiger partial charge in [-0.1, -0.05) is 30.3 Å². The van der Waals surface area contributed by atoms with Crippen molar-refractivity contribution < 1.29 is 12.8 Å². The van der Waals surface area contributed by atoms with Gasteiger partial charge in [0.1, 0.15) is 11.4 Å². The Hall–Kier alpha value is -3.31. The highest BCUT2D eigenvalue weighted by Crippen LogP contribution is 2.44. The van der Waals surface area contributed by atoms with Gasteiger partial charge in [0.05, 0.1) is 28.7 Å². The van der Waals surface area contributed by atoms with Crippen LogP contribution in [0.3, 0.4) is 0 Å². The molecule has 0 saturated carbocycles. The Labute approximate surface area is 187 Å². The minimum atomic E-state index is -3.71. The van der Waals surface area contributed by atoms with Crippen LogP contribution in [0, 0.1) is 5.82 Å². The molecule has 2 N–H and O–H groups in total. The van der Waals surface area contributed by atoms with Gasteiger partial charge in [-0.05, 0) is 30.2 Å². The monoisotopic (exact) mass is 470 g/mol. The molecule has 0 unspecified atom stereocenters. The third kappa shape index (κ3) is 3.16. The molecule has 0 saturated heterocycles. The van der Waals surface area contributed by atoms with E-state index >= 15 is 4.39 Å². The molecule has 164 valence electrons. The zero-order valence-corrected chi connectivity index (χ0v) is 18.9. The van der Waals surface area contributed by atoms with Gasteiger partial charge in [-0.2, -0.15) is 15.0 Å². The predicted octanol–water partition coefficient (Wildman–Crippen LogP) is 3.09. The minimum Gasteiger partial charge on any atom is -0.369 e. The van der Waals surface area contributed by atoms with E-state index in [2.05, 4.69) is 15.2 Å². The van der Waals surface area contributed by atoms with Gasteiger partial charge in [-0.25, -0.2) is 22.1 Å². The fraction of sp³-hybridized carbons (Fsp3) is 0.190. The number of thiophene rings is 1. The van der Waals surface area contributed by atoms with Crippen LogP contribution >= 0.6 is 11.3 Å². The van der Waals surface area contributed by atoms with Gasteiger partial charge in [0.15, 0.2) is 0 Å². The van der Waals surface area contributed by atoms with Crippen LogP contribution in [0.1, 0.15) is 11.8 Å². The number of guanidine groups is 1. The average molecular weight is 471 g/mol. The number of sulfonamides is 1. The van der Waals surface area contributed by atoms with Crippen molar-refractivity contribution in [1.29, 1.82) is 0 Å². The summed E-state index contributed by atoms with van der Waals surface area (Å²) in [6, 6.07) is 13.0. The number of hydrogen-bond donors (Lipinski definition) is 1. The first-order valence-electron chi connectivity index (χ1n) is 9.70. The van der Waals surface area contributed by atoms with Crippen molar-refractivity contribution in [3.05, 3.63) is 65.6 Å². The van der Waals surface area contributed by atoms with E-state index in [9.17, 15) is 8.42 Å². The Kier molecular flexibility index (Phi) is 4.57. The van der Waals surface area contributed by atoms with Gasteiger partial charge in [-0.15, -0.1) is 11.3 Å². The molecule has 4 aromatic rings. The Balaban J connectivity index is 1.64. The Morgan fingerprint density at radius 3 is 2.47 bits per heavy atom. The summed E-state index contributed by atoms with van der Waals surface area (Å²) in [4.78, 5) is 6.11. The maximum atomic E-state index is 15.6. The van der Waals surface area contributed by atoms with E-state index in [0.717, 1.165) is 25.8 Å². The summed E-state index contributed by atoms with van der Waals surface area (Å²) < 4.78 is 42.3. The number of aliphatic imine (C=N–C) groups is 1. The van der Waals surface area contributed by atoms with Crippen LogP contribution in [0.15, 0.2) is 59.9 Å². The van der Waals surface area contributed by atoms with E-state index in [4.69, 9.17) is 5.73 Å². The first kappa shape index (κ1) is 20.6. The Morgan fingerprint density at radius 1 is 1.12 bits per heavy atom. The summed E-state index contributed by atoms with van der Waals surface area (Å²) in [6.45, 7) is 1.60. The summed E-state index contributed by atoms with van der Waals surface area (Å²) >= 11 is 1.21. The molecule has 0 amide bonds. The molecular weight excluding hydrogens is 451 g/mol. The molecule has 11 heteroatoms. The fourth-order valence-corrected chi connectivity index (χ4v) is 6.69. The SMILES string of the molecule is CN1C(N)=N[C@](C)(c2sc3c(-c4ccc(-n5nccn5)cc4)cccc3c2F)CS1(=O)=O. The summed E-state index contributed by atoms with van der Waals surface area (Å²) in [7, 11) is -2.36. The highest BCUT2D eigenvalue weighted by Gasteiger charge is 2.43. The van der Waals surface area contributed by atoms with E-state index < -0.39 is 21.4 Å². The second kappa shape index (κ2) is 7.10.